The van der Waals surface area contributed by atoms with Gasteiger partial charge in [-0.15, -0.1) is 0 Å². The monoisotopic (exact) mass is 334 g/mol. The van der Waals surface area contributed by atoms with Crippen LogP contribution in [-0.2, 0) is 4.79 Å². The van der Waals surface area contributed by atoms with Crippen LogP contribution in [0.4, 0.5) is 17.2 Å². The molecule has 1 fully saturated rings. The van der Waals surface area contributed by atoms with Crippen molar-refractivity contribution in [3.63, 3.8) is 0 Å². The molecule has 1 aliphatic rings. The van der Waals surface area contributed by atoms with Crippen LogP contribution in [0.25, 0.3) is 5.82 Å². The number of nitrogens with one attached hydrogen (secondary N) is 2. The third-order valence-electron chi connectivity index (χ3n) is 3.97. The van der Waals surface area contributed by atoms with Crippen molar-refractivity contribution in [2.75, 3.05) is 10.6 Å². The van der Waals surface area contributed by atoms with E-state index in [-0.39, 0.29) is 11.8 Å². The van der Waals surface area contributed by atoms with Gasteiger partial charge < -0.3 is 10.6 Å². The zero-order chi connectivity index (χ0) is 17.2. The predicted octanol–water partition coefficient (Wildman–Crippen LogP) is 3.06. The molecule has 0 spiro atoms. The number of anilines is 3. The number of benzene rings is 1. The largest absolute Gasteiger partial charge is 0.340 e. The van der Waals surface area contributed by atoms with Crippen molar-refractivity contribution in [3.8, 4) is 5.82 Å². The maximum absolute atomic E-state index is 11.8. The molecule has 0 atom stereocenters. The van der Waals surface area contributed by atoms with Crippen molar-refractivity contribution in [2.45, 2.75) is 19.8 Å². The summed E-state index contributed by atoms with van der Waals surface area (Å²) in [4.78, 5) is 24.7. The summed E-state index contributed by atoms with van der Waals surface area (Å²) in [6.07, 6.45) is 7.24. The molecule has 2 N–H and O–H groups in total. The number of hydrogen-bond donors (Lipinski definition) is 2. The molecule has 0 bridgehead atoms. The molecule has 7 heteroatoms. The first-order valence-corrected chi connectivity index (χ1v) is 8.19. The van der Waals surface area contributed by atoms with Crippen LogP contribution >= 0.6 is 0 Å². The molecular formula is C18H18N6O. The molecule has 0 radical (unpaired) electrons. The number of aromatic nitrogens is 4. The number of nitrogens with zero attached hydrogens (tertiary/aromatic N) is 4. The van der Waals surface area contributed by atoms with Gasteiger partial charge in [0.1, 0.15) is 23.8 Å². The molecule has 2 aromatic heterocycles. The number of aryl methyl sites for hydroxylation is 1. The lowest BCUT2D eigenvalue weighted by molar-refractivity contribution is -0.117. The van der Waals surface area contributed by atoms with Crippen LogP contribution in [0.2, 0.25) is 0 Å². The Morgan fingerprint density at radius 3 is 2.60 bits per heavy atom. The first-order chi connectivity index (χ1) is 12.2. The van der Waals surface area contributed by atoms with E-state index in [4.69, 9.17) is 0 Å². The Balaban J connectivity index is 1.49. The van der Waals surface area contributed by atoms with Crippen molar-refractivity contribution in [1.82, 2.24) is 19.5 Å². The molecule has 1 aromatic carbocycles. The van der Waals surface area contributed by atoms with E-state index in [0.717, 1.165) is 30.0 Å². The molecular weight excluding hydrogens is 316 g/mol. The molecule has 1 amide bonds. The van der Waals surface area contributed by atoms with Crippen LogP contribution in [0.1, 0.15) is 18.7 Å². The van der Waals surface area contributed by atoms with Gasteiger partial charge in [0.25, 0.3) is 0 Å². The minimum Gasteiger partial charge on any atom is -0.340 e. The lowest BCUT2D eigenvalue weighted by Crippen LogP contribution is -2.13. The van der Waals surface area contributed by atoms with E-state index < -0.39 is 0 Å². The summed E-state index contributed by atoms with van der Waals surface area (Å²) < 4.78 is 1.83. The Bertz CT molecular complexity index is 884. The molecule has 0 unspecified atom stereocenters. The summed E-state index contributed by atoms with van der Waals surface area (Å²) >= 11 is 0. The van der Waals surface area contributed by atoms with Crippen LogP contribution < -0.4 is 10.6 Å². The molecule has 1 aliphatic carbocycles. The first-order valence-electron chi connectivity index (χ1n) is 8.19. The predicted molar refractivity (Wildman–Crippen MR) is 95.0 cm³/mol. The van der Waals surface area contributed by atoms with Gasteiger partial charge in [-0.2, -0.15) is 0 Å². The van der Waals surface area contributed by atoms with Crippen molar-refractivity contribution >= 4 is 23.1 Å². The van der Waals surface area contributed by atoms with Gasteiger partial charge in [-0.3, -0.25) is 9.36 Å². The number of carbonyl (C=O) groups excluding carboxylic acids is 1. The summed E-state index contributed by atoms with van der Waals surface area (Å²) in [5.74, 6) is 2.43. The summed E-state index contributed by atoms with van der Waals surface area (Å²) in [6, 6.07) is 9.45. The minimum absolute atomic E-state index is 0.108. The van der Waals surface area contributed by atoms with Crippen LogP contribution in [0.15, 0.2) is 49.1 Å². The molecule has 7 nitrogen and oxygen atoms in total. The van der Waals surface area contributed by atoms with E-state index in [1.54, 1.807) is 12.5 Å². The van der Waals surface area contributed by atoms with Gasteiger partial charge in [0.05, 0.1) is 0 Å². The van der Waals surface area contributed by atoms with E-state index in [9.17, 15) is 4.79 Å². The lowest BCUT2D eigenvalue weighted by Gasteiger charge is -2.10. The molecule has 2 heterocycles. The Morgan fingerprint density at radius 2 is 1.92 bits per heavy atom. The number of rotatable bonds is 5. The van der Waals surface area contributed by atoms with Crippen LogP contribution in [0.3, 0.4) is 0 Å². The zero-order valence-electron chi connectivity index (χ0n) is 13.8. The third kappa shape index (κ3) is 3.65. The van der Waals surface area contributed by atoms with Crippen LogP contribution in [0.5, 0.6) is 0 Å². The van der Waals surface area contributed by atoms with Gasteiger partial charge in [-0.05, 0) is 44.0 Å². The van der Waals surface area contributed by atoms with E-state index in [1.807, 2.05) is 48.0 Å². The van der Waals surface area contributed by atoms with Crippen molar-refractivity contribution in [1.29, 1.82) is 0 Å². The number of amides is 1. The Labute approximate surface area is 145 Å². The maximum Gasteiger partial charge on any atom is 0.227 e. The highest BCUT2D eigenvalue weighted by Crippen LogP contribution is 2.30. The normalized spacial score (nSPS) is 13.5. The van der Waals surface area contributed by atoms with Gasteiger partial charge in [0, 0.05) is 35.8 Å². The van der Waals surface area contributed by atoms with Crippen LogP contribution in [0, 0.1) is 12.8 Å². The molecule has 1 saturated carbocycles. The second kappa shape index (κ2) is 6.35. The minimum atomic E-state index is 0.108. The third-order valence-corrected chi connectivity index (χ3v) is 3.97. The smallest absolute Gasteiger partial charge is 0.227 e. The fraction of sp³-hybridized carbons (Fsp3) is 0.222. The highest BCUT2D eigenvalue weighted by Gasteiger charge is 2.29. The quantitative estimate of drug-likeness (QED) is 0.749. The number of imidazole rings is 1. The number of carbonyl (C=O) groups is 1. The Morgan fingerprint density at radius 1 is 1.16 bits per heavy atom. The van der Waals surface area contributed by atoms with Crippen molar-refractivity contribution in [2.24, 2.45) is 5.92 Å². The Kier molecular flexibility index (Phi) is 3.89. The second-order valence-corrected chi connectivity index (χ2v) is 6.09. The molecule has 126 valence electrons. The first kappa shape index (κ1) is 15.3. The fourth-order valence-corrected chi connectivity index (χ4v) is 2.52. The molecule has 0 saturated heterocycles. The summed E-state index contributed by atoms with van der Waals surface area (Å²) in [7, 11) is 0. The van der Waals surface area contributed by atoms with Crippen molar-refractivity contribution in [3.05, 3.63) is 54.9 Å². The summed E-state index contributed by atoms with van der Waals surface area (Å²) in [6.45, 7) is 1.85. The molecule has 0 aliphatic heterocycles. The van der Waals surface area contributed by atoms with E-state index in [0.29, 0.717) is 11.6 Å². The Hall–Kier alpha value is -3.22. The summed E-state index contributed by atoms with van der Waals surface area (Å²) in [5, 5.41) is 6.19. The standard InChI is InChI=1S/C18H18N6O/c1-12-20-16(10-17(21-12)24-9-8-19-11-24)22-14-4-6-15(7-5-14)23-18(25)13-2-3-13/h4-11,13H,2-3H2,1H3,(H,23,25)(H,20,21,22). The molecule has 3 aromatic rings. The molecule has 4 rings (SSSR count). The zero-order valence-corrected chi connectivity index (χ0v) is 13.8. The average molecular weight is 334 g/mol. The van der Waals surface area contributed by atoms with E-state index in [2.05, 4.69) is 25.6 Å². The van der Waals surface area contributed by atoms with Crippen molar-refractivity contribution < 1.29 is 4.79 Å². The van der Waals surface area contributed by atoms with Crippen LogP contribution in [-0.4, -0.2) is 25.4 Å². The fourth-order valence-electron chi connectivity index (χ4n) is 2.52. The average Bonchev–Trinajstić information content (AvgIpc) is 3.31. The lowest BCUT2D eigenvalue weighted by atomic mass is 10.2. The highest BCUT2D eigenvalue weighted by atomic mass is 16.2. The molecule has 25 heavy (non-hydrogen) atoms. The van der Waals surface area contributed by atoms with Gasteiger partial charge >= 0.3 is 0 Å². The van der Waals surface area contributed by atoms with E-state index in [1.165, 1.54) is 0 Å². The van der Waals surface area contributed by atoms with Gasteiger partial charge in [-0.25, -0.2) is 15.0 Å². The number of hydrogen-bond acceptors (Lipinski definition) is 5. The van der Waals surface area contributed by atoms with Gasteiger partial charge in [-0.1, -0.05) is 0 Å². The SMILES string of the molecule is Cc1nc(Nc2ccc(NC(=O)C3CC3)cc2)cc(-n2ccnc2)n1. The maximum atomic E-state index is 11.8. The second-order valence-electron chi connectivity index (χ2n) is 6.09. The van der Waals surface area contributed by atoms with E-state index >= 15 is 0 Å². The van der Waals surface area contributed by atoms with Gasteiger partial charge in [0.2, 0.25) is 5.91 Å². The topological polar surface area (TPSA) is 84.7 Å². The summed E-state index contributed by atoms with van der Waals surface area (Å²) in [5.41, 5.74) is 1.69. The van der Waals surface area contributed by atoms with Gasteiger partial charge in [0.15, 0.2) is 0 Å². The highest BCUT2D eigenvalue weighted by molar-refractivity contribution is 5.94.